The summed E-state index contributed by atoms with van der Waals surface area (Å²) in [5, 5.41) is 3.02. The summed E-state index contributed by atoms with van der Waals surface area (Å²) in [6.45, 7) is 6.06. The van der Waals surface area contributed by atoms with Crippen LogP contribution in [-0.4, -0.2) is 6.00 Å². The quantitative estimate of drug-likeness (QED) is 0.379. The van der Waals surface area contributed by atoms with E-state index in [9.17, 15) is 0 Å². The van der Waals surface area contributed by atoms with Crippen LogP contribution in [0.5, 0.6) is 0 Å². The lowest BCUT2D eigenvalue weighted by molar-refractivity contribution is 0.934. The standard InChI is InChI=1S/C8H14ClN/c1-4-5-7(2)8(3)10-6-9/h4-5,10H,6H2,1-3H3/b5-4-,8-7+. The lowest BCUT2D eigenvalue weighted by atomic mass is 10.2. The van der Waals surface area contributed by atoms with Crippen molar-refractivity contribution in [1.82, 2.24) is 5.32 Å². The van der Waals surface area contributed by atoms with Crippen LogP contribution in [0.4, 0.5) is 0 Å². The minimum Gasteiger partial charge on any atom is -0.375 e. The Morgan fingerprint density at radius 3 is 2.50 bits per heavy atom. The van der Waals surface area contributed by atoms with Crippen LogP contribution in [0.25, 0.3) is 0 Å². The molecule has 0 aromatic carbocycles. The average molecular weight is 160 g/mol. The van der Waals surface area contributed by atoms with Crippen LogP contribution in [-0.2, 0) is 0 Å². The normalized spacial score (nSPS) is 13.6. The van der Waals surface area contributed by atoms with Crippen molar-refractivity contribution in [2.24, 2.45) is 0 Å². The second-order valence-electron chi connectivity index (χ2n) is 2.12. The van der Waals surface area contributed by atoms with Crippen molar-refractivity contribution < 1.29 is 0 Å². The van der Waals surface area contributed by atoms with Crippen LogP contribution in [0, 0.1) is 0 Å². The van der Waals surface area contributed by atoms with Crippen LogP contribution in [0.2, 0.25) is 0 Å². The molecular weight excluding hydrogens is 146 g/mol. The van der Waals surface area contributed by atoms with Gasteiger partial charge in [0, 0.05) is 5.70 Å². The molecule has 0 aliphatic carbocycles. The minimum atomic E-state index is 0.473. The Bertz CT molecular complexity index is 147. The first-order chi connectivity index (χ1) is 4.72. The number of hydrogen-bond donors (Lipinski definition) is 1. The highest BCUT2D eigenvalue weighted by Crippen LogP contribution is 2.00. The predicted molar refractivity (Wildman–Crippen MR) is 47.0 cm³/mol. The summed E-state index contributed by atoms with van der Waals surface area (Å²) in [6.07, 6.45) is 4.06. The number of alkyl halides is 1. The molecule has 0 aromatic rings. The molecule has 0 aliphatic rings. The Morgan fingerprint density at radius 1 is 1.50 bits per heavy atom. The maximum absolute atomic E-state index is 5.47. The molecule has 1 N–H and O–H groups in total. The van der Waals surface area contributed by atoms with Crippen molar-refractivity contribution in [2.45, 2.75) is 20.8 Å². The van der Waals surface area contributed by atoms with Crippen LogP contribution in [0.15, 0.2) is 23.4 Å². The van der Waals surface area contributed by atoms with Gasteiger partial charge in [0.2, 0.25) is 0 Å². The highest BCUT2D eigenvalue weighted by molar-refractivity contribution is 6.17. The smallest absolute Gasteiger partial charge is 0.0899 e. The molecule has 0 aromatic heterocycles. The van der Waals surface area contributed by atoms with Gasteiger partial charge in [0.25, 0.3) is 0 Å². The molecule has 10 heavy (non-hydrogen) atoms. The molecule has 0 spiro atoms. The third-order valence-electron chi connectivity index (χ3n) is 1.34. The van der Waals surface area contributed by atoms with Crippen LogP contribution >= 0.6 is 11.6 Å². The first-order valence-electron chi connectivity index (χ1n) is 3.32. The van der Waals surface area contributed by atoms with Gasteiger partial charge in [0.05, 0.1) is 6.00 Å². The topological polar surface area (TPSA) is 12.0 Å². The van der Waals surface area contributed by atoms with Gasteiger partial charge in [0.15, 0.2) is 0 Å². The van der Waals surface area contributed by atoms with Gasteiger partial charge >= 0.3 is 0 Å². The van der Waals surface area contributed by atoms with Crippen molar-refractivity contribution in [2.75, 3.05) is 6.00 Å². The zero-order valence-electron chi connectivity index (χ0n) is 6.74. The van der Waals surface area contributed by atoms with E-state index in [-0.39, 0.29) is 0 Å². The van der Waals surface area contributed by atoms with Gasteiger partial charge < -0.3 is 5.32 Å². The van der Waals surface area contributed by atoms with Gasteiger partial charge in [-0.15, -0.1) is 11.6 Å². The van der Waals surface area contributed by atoms with E-state index in [4.69, 9.17) is 11.6 Å². The molecule has 2 heteroatoms. The van der Waals surface area contributed by atoms with E-state index in [1.54, 1.807) is 0 Å². The Hall–Kier alpha value is -0.430. The van der Waals surface area contributed by atoms with Crippen LogP contribution in [0.1, 0.15) is 20.8 Å². The zero-order chi connectivity index (χ0) is 7.98. The van der Waals surface area contributed by atoms with Crippen molar-refractivity contribution in [3.8, 4) is 0 Å². The summed E-state index contributed by atoms with van der Waals surface area (Å²) in [5.41, 5.74) is 2.36. The van der Waals surface area contributed by atoms with E-state index < -0.39 is 0 Å². The Morgan fingerprint density at radius 2 is 2.10 bits per heavy atom. The first-order valence-corrected chi connectivity index (χ1v) is 3.85. The Balaban J connectivity index is 4.04. The zero-order valence-corrected chi connectivity index (χ0v) is 7.50. The second kappa shape index (κ2) is 5.36. The third kappa shape index (κ3) is 3.57. The summed E-state index contributed by atoms with van der Waals surface area (Å²) in [7, 11) is 0. The van der Waals surface area contributed by atoms with Gasteiger partial charge in [-0.2, -0.15) is 0 Å². The highest BCUT2D eigenvalue weighted by Gasteiger charge is 1.88. The fourth-order valence-corrected chi connectivity index (χ4v) is 0.815. The van der Waals surface area contributed by atoms with E-state index in [0.29, 0.717) is 6.00 Å². The fourth-order valence-electron chi connectivity index (χ4n) is 0.615. The Labute approximate surface area is 67.8 Å². The molecule has 0 rings (SSSR count). The second-order valence-corrected chi connectivity index (χ2v) is 2.39. The maximum Gasteiger partial charge on any atom is 0.0899 e. The molecule has 0 fully saturated rings. The van der Waals surface area contributed by atoms with E-state index in [2.05, 4.69) is 18.3 Å². The van der Waals surface area contributed by atoms with E-state index in [1.165, 1.54) is 5.57 Å². The van der Waals surface area contributed by atoms with Crippen molar-refractivity contribution in [3.63, 3.8) is 0 Å². The lowest BCUT2D eigenvalue weighted by Gasteiger charge is -2.03. The first kappa shape index (κ1) is 9.57. The predicted octanol–water partition coefficient (Wildman–Crippen LogP) is 2.64. The molecule has 0 heterocycles. The number of rotatable bonds is 3. The molecule has 0 amide bonds. The molecule has 0 aliphatic heterocycles. The van der Waals surface area contributed by atoms with Crippen molar-refractivity contribution in [1.29, 1.82) is 0 Å². The van der Waals surface area contributed by atoms with Crippen molar-refractivity contribution >= 4 is 11.6 Å². The molecule has 58 valence electrons. The molecule has 0 radical (unpaired) electrons. The van der Waals surface area contributed by atoms with Crippen LogP contribution in [0.3, 0.4) is 0 Å². The third-order valence-corrected chi connectivity index (χ3v) is 1.47. The molecule has 0 saturated heterocycles. The van der Waals surface area contributed by atoms with Crippen molar-refractivity contribution in [3.05, 3.63) is 23.4 Å². The number of allylic oxidation sites excluding steroid dienone is 4. The highest BCUT2D eigenvalue weighted by atomic mass is 35.5. The summed E-state index contributed by atoms with van der Waals surface area (Å²) in [6, 6.07) is 0.473. The number of nitrogens with one attached hydrogen (secondary N) is 1. The Kier molecular flexibility index (Phi) is 5.13. The average Bonchev–Trinajstić information content (AvgIpc) is 1.89. The van der Waals surface area contributed by atoms with Gasteiger partial charge in [-0.1, -0.05) is 12.2 Å². The van der Waals surface area contributed by atoms with Gasteiger partial charge in [-0.3, -0.25) is 0 Å². The molecule has 1 nitrogen and oxygen atoms in total. The fraction of sp³-hybridized carbons (Fsp3) is 0.500. The maximum atomic E-state index is 5.47. The summed E-state index contributed by atoms with van der Waals surface area (Å²) in [5.74, 6) is 0. The summed E-state index contributed by atoms with van der Waals surface area (Å²) >= 11 is 5.47. The summed E-state index contributed by atoms with van der Waals surface area (Å²) in [4.78, 5) is 0. The van der Waals surface area contributed by atoms with Gasteiger partial charge in [-0.05, 0) is 26.3 Å². The van der Waals surface area contributed by atoms with Gasteiger partial charge in [-0.25, -0.2) is 0 Å². The monoisotopic (exact) mass is 159 g/mol. The van der Waals surface area contributed by atoms with E-state index in [1.807, 2.05) is 19.9 Å². The molecule has 0 unspecified atom stereocenters. The SMILES string of the molecule is C/C=C\C(C)=C(/C)NCCl. The van der Waals surface area contributed by atoms with Gasteiger partial charge in [0.1, 0.15) is 0 Å². The van der Waals surface area contributed by atoms with Crippen LogP contribution < -0.4 is 5.32 Å². The number of hydrogen-bond acceptors (Lipinski definition) is 1. The van der Waals surface area contributed by atoms with E-state index in [0.717, 1.165) is 5.70 Å². The molecular formula is C8H14ClN. The largest absolute Gasteiger partial charge is 0.375 e. The lowest BCUT2D eigenvalue weighted by Crippen LogP contribution is -2.08. The molecule has 0 saturated carbocycles. The summed E-state index contributed by atoms with van der Waals surface area (Å²) < 4.78 is 0. The molecule has 0 atom stereocenters. The van der Waals surface area contributed by atoms with E-state index >= 15 is 0 Å². The number of halogens is 1. The molecule has 0 bridgehead atoms. The minimum absolute atomic E-state index is 0.473.